The molecule has 5 rings (SSSR count). The Kier molecular flexibility index (Phi) is 2.77. The van der Waals surface area contributed by atoms with Gasteiger partial charge in [0.2, 0.25) is 0 Å². The Hall–Kier alpha value is -3.07. The molecule has 0 aliphatic carbocycles. The Bertz CT molecular complexity index is 1040. The first kappa shape index (κ1) is 13.4. The number of hydrogen-bond donors (Lipinski definition) is 1. The molecule has 1 aliphatic rings. The molecular weight excluding hydrogens is 294 g/mol. The molecule has 0 fully saturated rings. The minimum absolute atomic E-state index is 0.0444. The van der Waals surface area contributed by atoms with Gasteiger partial charge in [-0.25, -0.2) is 4.98 Å². The number of para-hydroxylation sites is 3. The summed E-state index contributed by atoms with van der Waals surface area (Å²) in [4.78, 5) is 4.91. The average Bonchev–Trinajstić information content (AvgIpc) is 3.02. The summed E-state index contributed by atoms with van der Waals surface area (Å²) >= 11 is 0. The van der Waals surface area contributed by atoms with Gasteiger partial charge in [0.15, 0.2) is 0 Å². The average molecular weight is 311 g/mol. The van der Waals surface area contributed by atoms with Crippen molar-refractivity contribution in [2.24, 2.45) is 0 Å². The molecule has 0 spiro atoms. The normalized spacial score (nSPS) is 15.6. The molecule has 116 valence electrons. The number of rotatable bonds is 1. The van der Waals surface area contributed by atoms with Crippen LogP contribution in [0.2, 0.25) is 0 Å². The zero-order valence-electron chi connectivity index (χ0n) is 13.4. The van der Waals surface area contributed by atoms with Crippen LogP contribution in [0.3, 0.4) is 0 Å². The summed E-state index contributed by atoms with van der Waals surface area (Å²) < 4.78 is 2.31. The summed E-state index contributed by atoms with van der Waals surface area (Å²) in [6, 6.07) is 25.4. The highest BCUT2D eigenvalue weighted by atomic mass is 15.2. The van der Waals surface area contributed by atoms with Gasteiger partial charge in [0, 0.05) is 11.3 Å². The molecule has 1 atom stereocenters. The van der Waals surface area contributed by atoms with E-state index in [1.165, 1.54) is 11.1 Å². The maximum absolute atomic E-state index is 4.91. The van der Waals surface area contributed by atoms with Crippen LogP contribution in [0.25, 0.3) is 22.4 Å². The molecule has 0 saturated heterocycles. The van der Waals surface area contributed by atoms with E-state index in [1.807, 2.05) is 6.07 Å². The third-order valence-electron chi connectivity index (χ3n) is 4.71. The standard InChI is InChI=1S/C21H17N3/c1-14-10-12-15(13-11-14)20-22-17-7-3-2-6-16(17)21-23-18-8-4-5-9-19(18)24(20)21/h2-13,20,22H,1H3/t20-/m1/s1. The first-order valence-electron chi connectivity index (χ1n) is 8.21. The minimum atomic E-state index is 0.0444. The van der Waals surface area contributed by atoms with Crippen LogP contribution in [0.15, 0.2) is 72.8 Å². The van der Waals surface area contributed by atoms with Crippen molar-refractivity contribution in [3.8, 4) is 11.4 Å². The Balaban J connectivity index is 1.81. The van der Waals surface area contributed by atoms with Crippen molar-refractivity contribution in [1.82, 2.24) is 9.55 Å². The van der Waals surface area contributed by atoms with Gasteiger partial charge >= 0.3 is 0 Å². The molecular formula is C21H17N3. The summed E-state index contributed by atoms with van der Waals surface area (Å²) in [5.74, 6) is 1.02. The van der Waals surface area contributed by atoms with Crippen LogP contribution in [0.1, 0.15) is 17.3 Å². The molecule has 2 heterocycles. The largest absolute Gasteiger partial charge is 0.361 e. The molecule has 3 aromatic carbocycles. The number of nitrogens with zero attached hydrogens (tertiary/aromatic N) is 2. The third kappa shape index (κ3) is 1.88. The molecule has 1 aromatic heterocycles. The number of nitrogens with one attached hydrogen (secondary N) is 1. The van der Waals surface area contributed by atoms with Crippen molar-refractivity contribution in [2.45, 2.75) is 13.1 Å². The number of anilines is 1. The van der Waals surface area contributed by atoms with E-state index >= 15 is 0 Å². The van der Waals surface area contributed by atoms with E-state index in [-0.39, 0.29) is 6.17 Å². The number of benzene rings is 3. The van der Waals surface area contributed by atoms with Gasteiger partial charge in [-0.3, -0.25) is 4.57 Å². The lowest BCUT2D eigenvalue weighted by molar-refractivity contribution is 0.669. The van der Waals surface area contributed by atoms with Crippen LogP contribution in [0.4, 0.5) is 5.69 Å². The zero-order valence-corrected chi connectivity index (χ0v) is 13.4. The second-order valence-electron chi connectivity index (χ2n) is 6.30. The molecule has 0 amide bonds. The third-order valence-corrected chi connectivity index (χ3v) is 4.71. The van der Waals surface area contributed by atoms with E-state index in [0.717, 1.165) is 28.1 Å². The van der Waals surface area contributed by atoms with Gasteiger partial charge in [-0.2, -0.15) is 0 Å². The Labute approximate surface area is 140 Å². The smallest absolute Gasteiger partial charge is 0.145 e. The molecule has 0 unspecified atom stereocenters. The SMILES string of the molecule is Cc1ccc([C@@H]2Nc3ccccc3-c3nc4ccccc4n32)cc1. The lowest BCUT2D eigenvalue weighted by Gasteiger charge is -2.30. The monoisotopic (exact) mass is 311 g/mol. The van der Waals surface area contributed by atoms with Crippen molar-refractivity contribution in [3.05, 3.63) is 83.9 Å². The maximum Gasteiger partial charge on any atom is 0.145 e. The van der Waals surface area contributed by atoms with Crippen molar-refractivity contribution < 1.29 is 0 Å². The predicted octanol–water partition coefficient (Wildman–Crippen LogP) is 4.98. The van der Waals surface area contributed by atoms with E-state index in [2.05, 4.69) is 83.5 Å². The van der Waals surface area contributed by atoms with Gasteiger partial charge in [0.1, 0.15) is 12.0 Å². The van der Waals surface area contributed by atoms with E-state index in [0.29, 0.717) is 0 Å². The van der Waals surface area contributed by atoms with Crippen LogP contribution in [0.5, 0.6) is 0 Å². The van der Waals surface area contributed by atoms with Crippen LogP contribution in [-0.4, -0.2) is 9.55 Å². The molecule has 1 N–H and O–H groups in total. The van der Waals surface area contributed by atoms with Crippen LogP contribution < -0.4 is 5.32 Å². The minimum Gasteiger partial charge on any atom is -0.361 e. The van der Waals surface area contributed by atoms with Crippen molar-refractivity contribution in [3.63, 3.8) is 0 Å². The second-order valence-corrected chi connectivity index (χ2v) is 6.30. The maximum atomic E-state index is 4.91. The van der Waals surface area contributed by atoms with Gasteiger partial charge in [0.25, 0.3) is 0 Å². The molecule has 0 bridgehead atoms. The molecule has 24 heavy (non-hydrogen) atoms. The lowest BCUT2D eigenvalue weighted by Crippen LogP contribution is -2.24. The first-order chi connectivity index (χ1) is 11.8. The number of aryl methyl sites for hydroxylation is 1. The summed E-state index contributed by atoms with van der Waals surface area (Å²) in [5, 5.41) is 3.69. The number of fused-ring (bicyclic) bond motifs is 5. The predicted molar refractivity (Wildman–Crippen MR) is 98.1 cm³/mol. The van der Waals surface area contributed by atoms with Crippen LogP contribution >= 0.6 is 0 Å². The van der Waals surface area contributed by atoms with E-state index in [1.54, 1.807) is 0 Å². The zero-order chi connectivity index (χ0) is 16.1. The summed E-state index contributed by atoms with van der Waals surface area (Å²) in [6.45, 7) is 2.12. The first-order valence-corrected chi connectivity index (χ1v) is 8.21. The van der Waals surface area contributed by atoms with Crippen LogP contribution in [-0.2, 0) is 0 Å². The quantitative estimate of drug-likeness (QED) is 0.537. The highest BCUT2D eigenvalue weighted by Crippen LogP contribution is 2.40. The molecule has 0 saturated carbocycles. The number of imidazole rings is 1. The molecule has 3 heteroatoms. The molecule has 0 radical (unpaired) electrons. The van der Waals surface area contributed by atoms with E-state index < -0.39 is 0 Å². The summed E-state index contributed by atoms with van der Waals surface area (Å²) in [5.41, 5.74) is 6.97. The van der Waals surface area contributed by atoms with E-state index in [4.69, 9.17) is 4.98 Å². The van der Waals surface area contributed by atoms with Gasteiger partial charge in [-0.05, 0) is 36.8 Å². The van der Waals surface area contributed by atoms with Crippen LogP contribution in [0, 0.1) is 6.92 Å². The molecule has 3 nitrogen and oxygen atoms in total. The van der Waals surface area contributed by atoms with E-state index in [9.17, 15) is 0 Å². The van der Waals surface area contributed by atoms with Gasteiger partial charge < -0.3 is 5.32 Å². The topological polar surface area (TPSA) is 29.9 Å². The van der Waals surface area contributed by atoms with Gasteiger partial charge in [0.05, 0.1) is 11.0 Å². The fraction of sp³-hybridized carbons (Fsp3) is 0.0952. The Morgan fingerprint density at radius 3 is 2.50 bits per heavy atom. The van der Waals surface area contributed by atoms with Crippen molar-refractivity contribution in [2.75, 3.05) is 5.32 Å². The van der Waals surface area contributed by atoms with Gasteiger partial charge in [-0.1, -0.05) is 54.1 Å². The fourth-order valence-corrected chi connectivity index (χ4v) is 3.49. The Morgan fingerprint density at radius 1 is 0.875 bits per heavy atom. The number of aromatic nitrogens is 2. The highest BCUT2D eigenvalue weighted by Gasteiger charge is 2.27. The summed E-state index contributed by atoms with van der Waals surface area (Å²) in [6.07, 6.45) is 0.0444. The Morgan fingerprint density at radius 2 is 1.62 bits per heavy atom. The molecule has 1 aliphatic heterocycles. The van der Waals surface area contributed by atoms with Crippen molar-refractivity contribution in [1.29, 1.82) is 0 Å². The fourth-order valence-electron chi connectivity index (χ4n) is 3.49. The highest BCUT2D eigenvalue weighted by molar-refractivity contribution is 5.86. The van der Waals surface area contributed by atoms with Crippen molar-refractivity contribution >= 4 is 16.7 Å². The number of hydrogen-bond acceptors (Lipinski definition) is 2. The lowest BCUT2D eigenvalue weighted by atomic mass is 10.0. The van der Waals surface area contributed by atoms with Gasteiger partial charge in [-0.15, -0.1) is 0 Å². The second kappa shape index (κ2) is 4.96. The molecule has 4 aromatic rings. The summed E-state index contributed by atoms with van der Waals surface area (Å²) in [7, 11) is 0.